The van der Waals surface area contributed by atoms with Gasteiger partial charge in [-0.3, -0.25) is 4.79 Å². The molecule has 2 fully saturated rings. The third kappa shape index (κ3) is 4.49. The van der Waals surface area contributed by atoms with E-state index in [9.17, 15) is 13.6 Å². The number of fused-ring (bicyclic) bond motifs is 1. The van der Waals surface area contributed by atoms with E-state index < -0.39 is 6.61 Å². The lowest BCUT2D eigenvalue weighted by atomic mass is 9.85. The minimum Gasteiger partial charge on any atom is -0.433 e. The van der Waals surface area contributed by atoms with Gasteiger partial charge in [-0.25, -0.2) is 0 Å². The van der Waals surface area contributed by atoms with E-state index in [1.54, 1.807) is 0 Å². The predicted molar refractivity (Wildman–Crippen MR) is 91.2 cm³/mol. The van der Waals surface area contributed by atoms with Gasteiger partial charge >= 0.3 is 6.61 Å². The zero-order valence-electron chi connectivity index (χ0n) is 12.9. The van der Waals surface area contributed by atoms with Gasteiger partial charge in [0.05, 0.1) is 11.1 Å². The highest BCUT2D eigenvalue weighted by atomic mass is 35.5. The number of ether oxygens (including phenoxy) is 1. The Balaban J connectivity index is 0.00000208. The Bertz CT molecular complexity index is 575. The fourth-order valence-electron chi connectivity index (χ4n) is 3.52. The van der Waals surface area contributed by atoms with E-state index in [1.807, 2.05) is 0 Å². The Labute approximate surface area is 150 Å². The van der Waals surface area contributed by atoms with Gasteiger partial charge in [0, 0.05) is 11.7 Å². The summed E-state index contributed by atoms with van der Waals surface area (Å²) in [5.74, 6) is 0.354. The molecule has 0 bridgehead atoms. The molecule has 24 heavy (non-hydrogen) atoms. The van der Waals surface area contributed by atoms with E-state index in [-0.39, 0.29) is 35.1 Å². The Kier molecular flexibility index (Phi) is 6.66. The first-order valence-corrected chi connectivity index (χ1v) is 8.22. The number of halogens is 4. The van der Waals surface area contributed by atoms with Crippen LogP contribution in [0.5, 0.6) is 5.75 Å². The monoisotopic (exact) mass is 380 g/mol. The van der Waals surface area contributed by atoms with Crippen LogP contribution in [0.15, 0.2) is 18.2 Å². The third-order valence-electron chi connectivity index (χ3n) is 4.59. The van der Waals surface area contributed by atoms with Gasteiger partial charge in [0.2, 0.25) is 5.91 Å². The zero-order chi connectivity index (χ0) is 16.4. The van der Waals surface area contributed by atoms with Crippen LogP contribution in [0, 0.1) is 5.92 Å². The molecule has 0 aromatic heterocycles. The van der Waals surface area contributed by atoms with E-state index in [4.69, 9.17) is 11.6 Å². The Morgan fingerprint density at radius 1 is 1.33 bits per heavy atom. The predicted octanol–water partition coefficient (Wildman–Crippen LogP) is 4.22. The van der Waals surface area contributed by atoms with Crippen LogP contribution >= 0.6 is 24.0 Å². The lowest BCUT2D eigenvalue weighted by Crippen LogP contribution is -2.39. The first-order valence-electron chi connectivity index (χ1n) is 7.84. The highest BCUT2D eigenvalue weighted by Gasteiger charge is 2.38. The summed E-state index contributed by atoms with van der Waals surface area (Å²) in [6.45, 7) is -2.93. The van der Waals surface area contributed by atoms with Crippen molar-refractivity contribution >= 4 is 35.6 Å². The molecule has 1 saturated heterocycles. The Morgan fingerprint density at radius 3 is 2.75 bits per heavy atom. The van der Waals surface area contributed by atoms with Crippen molar-refractivity contribution in [2.45, 2.75) is 50.8 Å². The summed E-state index contributed by atoms with van der Waals surface area (Å²) < 4.78 is 28.7. The van der Waals surface area contributed by atoms with Crippen molar-refractivity contribution in [3.63, 3.8) is 0 Å². The van der Waals surface area contributed by atoms with Gasteiger partial charge in [0.25, 0.3) is 0 Å². The summed E-state index contributed by atoms with van der Waals surface area (Å²) in [5.41, 5.74) is 0.471. The molecule has 1 aromatic rings. The van der Waals surface area contributed by atoms with Crippen LogP contribution in [-0.4, -0.2) is 24.6 Å². The number of hydrogen-bond donors (Lipinski definition) is 2. The van der Waals surface area contributed by atoms with Gasteiger partial charge in [0.15, 0.2) is 0 Å². The molecule has 0 radical (unpaired) electrons. The van der Waals surface area contributed by atoms with E-state index in [0.29, 0.717) is 17.6 Å². The van der Waals surface area contributed by atoms with E-state index >= 15 is 0 Å². The van der Waals surface area contributed by atoms with Gasteiger partial charge in [-0.2, -0.15) is 8.78 Å². The minimum atomic E-state index is -2.93. The summed E-state index contributed by atoms with van der Waals surface area (Å²) in [6.07, 6.45) is 5.59. The molecule has 8 heteroatoms. The molecule has 1 heterocycles. The van der Waals surface area contributed by atoms with E-state index in [0.717, 1.165) is 12.8 Å². The maximum Gasteiger partial charge on any atom is 0.387 e. The van der Waals surface area contributed by atoms with Crippen LogP contribution < -0.4 is 15.4 Å². The van der Waals surface area contributed by atoms with Gasteiger partial charge in [-0.1, -0.05) is 24.4 Å². The molecule has 0 spiro atoms. The molecule has 134 valence electrons. The molecule has 4 nitrogen and oxygen atoms in total. The SMILES string of the molecule is Cl.O=C(Nc1ccc(OC(F)F)c(Cl)c1)C1CC2CCCCC2N1. The van der Waals surface area contributed by atoms with Crippen molar-refractivity contribution in [2.24, 2.45) is 5.92 Å². The summed E-state index contributed by atoms with van der Waals surface area (Å²) in [7, 11) is 0. The first kappa shape index (κ1) is 19.2. The van der Waals surface area contributed by atoms with Crippen LogP contribution in [0.1, 0.15) is 32.1 Å². The van der Waals surface area contributed by atoms with Crippen molar-refractivity contribution < 1.29 is 18.3 Å². The van der Waals surface area contributed by atoms with Gasteiger partial charge in [0.1, 0.15) is 5.75 Å². The molecule has 2 aliphatic rings. The third-order valence-corrected chi connectivity index (χ3v) is 4.89. The molecule has 1 saturated carbocycles. The number of rotatable bonds is 4. The van der Waals surface area contributed by atoms with Crippen molar-refractivity contribution in [3.8, 4) is 5.75 Å². The van der Waals surface area contributed by atoms with Gasteiger partial charge in [-0.15, -0.1) is 12.4 Å². The van der Waals surface area contributed by atoms with E-state index in [2.05, 4.69) is 15.4 Å². The van der Waals surface area contributed by atoms with Crippen molar-refractivity contribution in [1.29, 1.82) is 0 Å². The van der Waals surface area contributed by atoms with Crippen LogP contribution in [0.4, 0.5) is 14.5 Å². The maximum atomic E-state index is 12.4. The number of hydrogen-bond acceptors (Lipinski definition) is 3. The van der Waals surface area contributed by atoms with Crippen LogP contribution in [-0.2, 0) is 4.79 Å². The van der Waals surface area contributed by atoms with Crippen LogP contribution in [0.25, 0.3) is 0 Å². The highest BCUT2D eigenvalue weighted by molar-refractivity contribution is 6.32. The quantitative estimate of drug-likeness (QED) is 0.821. The van der Waals surface area contributed by atoms with Crippen LogP contribution in [0.2, 0.25) is 5.02 Å². The van der Waals surface area contributed by atoms with Crippen molar-refractivity contribution in [2.75, 3.05) is 5.32 Å². The number of amides is 1. The van der Waals surface area contributed by atoms with Crippen molar-refractivity contribution in [1.82, 2.24) is 5.32 Å². The largest absolute Gasteiger partial charge is 0.433 e. The molecule has 2 N–H and O–H groups in total. The second-order valence-corrected chi connectivity index (χ2v) is 6.53. The number of carbonyl (C=O) groups excluding carboxylic acids is 1. The number of alkyl halides is 2. The molecule has 3 atom stereocenters. The summed E-state index contributed by atoms with van der Waals surface area (Å²) >= 11 is 5.89. The fourth-order valence-corrected chi connectivity index (χ4v) is 3.75. The normalized spacial score (nSPS) is 25.8. The molecule has 3 rings (SSSR count). The molecular weight excluding hydrogens is 361 g/mol. The zero-order valence-corrected chi connectivity index (χ0v) is 14.5. The average Bonchev–Trinajstić information content (AvgIpc) is 2.94. The molecule has 1 amide bonds. The lowest BCUT2D eigenvalue weighted by molar-refractivity contribution is -0.117. The fraction of sp³-hybridized carbons (Fsp3) is 0.562. The molecule has 1 aliphatic carbocycles. The number of anilines is 1. The van der Waals surface area contributed by atoms with Gasteiger partial charge in [-0.05, 0) is 43.4 Å². The smallest absolute Gasteiger partial charge is 0.387 e. The number of carbonyl (C=O) groups is 1. The average molecular weight is 381 g/mol. The molecule has 1 aliphatic heterocycles. The lowest BCUT2D eigenvalue weighted by Gasteiger charge is -2.24. The Morgan fingerprint density at radius 2 is 2.08 bits per heavy atom. The topological polar surface area (TPSA) is 50.4 Å². The maximum absolute atomic E-state index is 12.4. The van der Waals surface area contributed by atoms with E-state index in [1.165, 1.54) is 37.5 Å². The first-order chi connectivity index (χ1) is 11.0. The Hall–Kier alpha value is -1.11. The summed E-state index contributed by atoms with van der Waals surface area (Å²) in [4.78, 5) is 12.4. The second-order valence-electron chi connectivity index (χ2n) is 6.12. The summed E-state index contributed by atoms with van der Waals surface area (Å²) in [5, 5.41) is 6.22. The molecule has 1 aromatic carbocycles. The molecule has 3 unspecified atom stereocenters. The van der Waals surface area contributed by atoms with Crippen LogP contribution in [0.3, 0.4) is 0 Å². The number of nitrogens with one attached hydrogen (secondary N) is 2. The van der Waals surface area contributed by atoms with Gasteiger partial charge < -0.3 is 15.4 Å². The minimum absolute atomic E-state index is 0. The summed E-state index contributed by atoms with van der Waals surface area (Å²) in [6, 6.07) is 4.47. The standard InChI is InChI=1S/C16H19ClF2N2O2.ClH/c17-11-8-10(5-6-14(11)23-16(18)19)20-15(22)13-7-9-3-1-2-4-12(9)21-13;/h5-6,8-9,12-13,16,21H,1-4,7H2,(H,20,22);1H. The second kappa shape index (κ2) is 8.32. The highest BCUT2D eigenvalue weighted by Crippen LogP contribution is 2.34. The molecular formula is C16H20Cl2F2N2O2. The number of benzene rings is 1. The van der Waals surface area contributed by atoms with Crippen molar-refractivity contribution in [3.05, 3.63) is 23.2 Å².